The van der Waals surface area contributed by atoms with Gasteiger partial charge in [-0.2, -0.15) is 0 Å². The number of alkyl carbamates (subject to hydrolysis) is 1. The van der Waals surface area contributed by atoms with Crippen molar-refractivity contribution in [2.75, 3.05) is 58.1 Å². The molecule has 5 aromatic carbocycles. The van der Waals surface area contributed by atoms with Crippen LogP contribution in [0.25, 0.3) is 11.1 Å². The lowest BCUT2D eigenvalue weighted by Gasteiger charge is -2.26. The third-order valence-electron chi connectivity index (χ3n) is 16.1. The van der Waals surface area contributed by atoms with Crippen LogP contribution in [0.15, 0.2) is 138 Å². The summed E-state index contributed by atoms with van der Waals surface area (Å²) in [7, 11) is 1.33. The third-order valence-corrected chi connectivity index (χ3v) is 18.1. The number of amides is 12. The average Bonchev–Trinajstić information content (AvgIpc) is 1.62. The average molecular weight is 1520 g/mol. The summed E-state index contributed by atoms with van der Waals surface area (Å²) in [4.78, 5) is 212. The number of benzene rings is 5. The summed E-state index contributed by atoms with van der Waals surface area (Å²) >= 11 is 1.71. The maximum absolute atomic E-state index is 14.1. The number of fused-ring (bicyclic) bond motifs is 3. The van der Waals surface area contributed by atoms with E-state index < -0.39 is 200 Å². The van der Waals surface area contributed by atoms with Crippen molar-refractivity contribution in [2.24, 2.45) is 11.7 Å². The molecular weight excluding hydrogens is 1430 g/mol. The van der Waals surface area contributed by atoms with Gasteiger partial charge in [0.05, 0.1) is 45.0 Å². The molecule has 0 aliphatic heterocycles. The Labute approximate surface area is 622 Å². The van der Waals surface area contributed by atoms with Gasteiger partial charge in [-0.25, -0.2) is 9.59 Å². The summed E-state index contributed by atoms with van der Waals surface area (Å²) in [5, 5.41) is 52.2. The van der Waals surface area contributed by atoms with Crippen LogP contribution < -0.4 is 58.9 Å². The molecular formula is C72H84N12O21S2. The SMILES string of the molecule is CC(C)[C@H](NC(=O)[C@H](CSCN(C)C(=O)OCC(=O)c1ccccc1)NC(=O)CNC(=O)CNC(=O)[C@H](CO)NC(=O)[C@H](Cc1ccccc1)NC(=O)[C@H](CC(N)=O)NC(=O)[C@H](CCC(=O)O)NC(=O)OCC1c2ccccc2-c2ccccc21)C(=O)N[C@@H](C)C(=O)NCC(=O)Sc1ccc(CC(=O)O)cc1. The number of hydrogen-bond donors (Lipinski definition) is 14. The molecule has 0 fully saturated rings. The molecule has 1 aliphatic carbocycles. The molecule has 570 valence electrons. The van der Waals surface area contributed by atoms with Gasteiger partial charge in [0.1, 0.15) is 48.9 Å². The minimum atomic E-state index is -1.86. The Morgan fingerprint density at radius 2 is 1.09 bits per heavy atom. The van der Waals surface area contributed by atoms with Crippen LogP contribution >= 0.6 is 23.5 Å². The summed E-state index contributed by atoms with van der Waals surface area (Å²) in [6.45, 7) is 0.397. The van der Waals surface area contributed by atoms with Crippen molar-refractivity contribution < 1.29 is 102 Å². The Hall–Kier alpha value is -11.7. The van der Waals surface area contributed by atoms with Crippen molar-refractivity contribution in [3.63, 3.8) is 0 Å². The van der Waals surface area contributed by atoms with Crippen LogP contribution in [0.2, 0.25) is 0 Å². The second-order valence-corrected chi connectivity index (χ2v) is 26.8. The number of carbonyl (C=O) groups is 16. The molecule has 0 bridgehead atoms. The van der Waals surface area contributed by atoms with Crippen molar-refractivity contribution in [1.82, 2.24) is 58.1 Å². The lowest BCUT2D eigenvalue weighted by Crippen LogP contribution is -2.60. The van der Waals surface area contributed by atoms with Gasteiger partial charge in [0.2, 0.25) is 64.2 Å². The molecule has 0 radical (unpaired) electrons. The molecule has 15 N–H and O–H groups in total. The minimum Gasteiger partial charge on any atom is -0.481 e. The van der Waals surface area contributed by atoms with Crippen LogP contribution in [0.4, 0.5) is 9.59 Å². The first-order valence-corrected chi connectivity index (χ1v) is 35.4. The van der Waals surface area contributed by atoms with Crippen LogP contribution in [0.3, 0.4) is 0 Å². The number of nitrogens with one attached hydrogen (secondary N) is 10. The molecule has 0 spiro atoms. The lowest BCUT2D eigenvalue weighted by molar-refractivity contribution is -0.138. The smallest absolute Gasteiger partial charge is 0.410 e. The quantitative estimate of drug-likeness (QED) is 0.0143. The van der Waals surface area contributed by atoms with Crippen LogP contribution in [0.5, 0.6) is 0 Å². The van der Waals surface area contributed by atoms with Gasteiger partial charge >= 0.3 is 24.1 Å². The number of aliphatic hydroxyl groups excluding tert-OH is 1. The highest BCUT2D eigenvalue weighted by atomic mass is 32.2. The van der Waals surface area contributed by atoms with Gasteiger partial charge in [0.15, 0.2) is 12.4 Å². The zero-order valence-electron chi connectivity index (χ0n) is 58.6. The van der Waals surface area contributed by atoms with Gasteiger partial charge in [-0.15, -0.1) is 11.8 Å². The Morgan fingerprint density at radius 3 is 1.70 bits per heavy atom. The maximum atomic E-state index is 14.1. The molecule has 107 heavy (non-hydrogen) atoms. The molecule has 6 rings (SSSR count). The third kappa shape index (κ3) is 27.7. The van der Waals surface area contributed by atoms with E-state index in [2.05, 4.69) is 53.2 Å². The minimum absolute atomic E-state index is 0.183. The van der Waals surface area contributed by atoms with E-state index in [1.165, 1.54) is 26.1 Å². The summed E-state index contributed by atoms with van der Waals surface area (Å²) in [6.07, 6.45) is -4.62. The number of thioether (sulfide) groups is 2. The highest BCUT2D eigenvalue weighted by molar-refractivity contribution is 8.13. The Kier molecular flexibility index (Phi) is 33.3. The number of carbonyl (C=O) groups excluding carboxylic acids is 14. The van der Waals surface area contributed by atoms with Crippen molar-refractivity contribution >= 4 is 118 Å². The summed E-state index contributed by atoms with van der Waals surface area (Å²) in [5.74, 6) is -14.7. The van der Waals surface area contributed by atoms with Gasteiger partial charge in [0.25, 0.3) is 0 Å². The monoisotopic (exact) mass is 1520 g/mol. The highest BCUT2D eigenvalue weighted by Gasteiger charge is 2.36. The zero-order valence-corrected chi connectivity index (χ0v) is 60.3. The number of aliphatic hydroxyl groups is 1. The Balaban J connectivity index is 1.05. The molecule has 0 unspecified atom stereocenters. The normalized spacial score (nSPS) is 13.2. The van der Waals surface area contributed by atoms with E-state index in [9.17, 15) is 86.9 Å². The molecule has 5 aromatic rings. The van der Waals surface area contributed by atoms with Crippen LogP contribution in [-0.2, 0) is 84.6 Å². The number of ether oxygens (including phenoxy) is 2. The van der Waals surface area contributed by atoms with E-state index in [4.69, 9.17) is 20.3 Å². The highest BCUT2D eigenvalue weighted by Crippen LogP contribution is 2.44. The Bertz CT molecular complexity index is 4000. The van der Waals surface area contributed by atoms with Crippen molar-refractivity contribution in [3.05, 3.63) is 161 Å². The predicted octanol–water partition coefficient (Wildman–Crippen LogP) is 0.390. The zero-order chi connectivity index (χ0) is 78.3. The topological polar surface area (TPSA) is 502 Å². The number of Topliss-reactive ketones (excluding diaryl/α,β-unsaturated/α-hetero) is 1. The molecule has 12 amide bonds. The molecule has 33 nitrogen and oxygen atoms in total. The number of nitrogens with two attached hydrogens (primary N) is 1. The number of ketones is 1. The van der Waals surface area contributed by atoms with Crippen LogP contribution in [0.1, 0.15) is 78.6 Å². The lowest BCUT2D eigenvalue weighted by atomic mass is 9.98. The number of nitrogens with zero attached hydrogens (tertiary/aromatic N) is 1. The molecule has 0 aromatic heterocycles. The van der Waals surface area contributed by atoms with Crippen molar-refractivity contribution in [2.45, 2.75) is 106 Å². The molecule has 0 saturated carbocycles. The predicted molar refractivity (Wildman–Crippen MR) is 387 cm³/mol. The Morgan fingerprint density at radius 1 is 0.533 bits per heavy atom. The standard InChI is InChI=1S/C72H84N12O21S2/c1-40(2)63(70(101)77-41(3)64(95)76-34-62(94)107-45-25-23-43(24-26-45)30-61(92)93)83-69(100)55(38-106-39-84(4)72(103)105-37-56(86)44-17-9-6-10-18-44)78-59(89)33-74-58(88)32-75-65(96)54(35-85)81-67(98)52(29-42-15-7-5-8-16-42)79-68(99)53(31-57(73)87)80-66(97)51(27-28-60(90)91)82-71(102)104-36-50-48-21-13-11-19-46(48)47-20-12-14-22-49(47)50/h5-26,40-41,50-55,63,85H,27-39H2,1-4H3,(H2,73,87)(H,74,88)(H,75,96)(H,76,95)(H,77,101)(H,78,89)(H,79,99)(H,80,97)(H,81,98)(H,82,102)(H,83,100)(H,90,91)(H,92,93)/t41-,51-,52-,53-,54-,55-,63-/m0/s1. The summed E-state index contributed by atoms with van der Waals surface area (Å²) in [6, 6.07) is 26.1. The number of aliphatic carboxylic acids is 2. The van der Waals surface area contributed by atoms with E-state index in [0.29, 0.717) is 21.6 Å². The number of carboxylic acids is 2. The second kappa shape index (κ2) is 42.3. The van der Waals surface area contributed by atoms with Gasteiger partial charge < -0.3 is 88.6 Å². The molecule has 0 heterocycles. The first-order valence-electron chi connectivity index (χ1n) is 33.5. The number of primary amides is 1. The van der Waals surface area contributed by atoms with Crippen molar-refractivity contribution in [1.29, 1.82) is 0 Å². The van der Waals surface area contributed by atoms with E-state index in [0.717, 1.165) is 50.7 Å². The molecule has 35 heteroatoms. The van der Waals surface area contributed by atoms with E-state index in [-0.39, 0.29) is 31.1 Å². The van der Waals surface area contributed by atoms with Gasteiger partial charge in [-0.1, -0.05) is 147 Å². The van der Waals surface area contributed by atoms with Crippen LogP contribution in [0, 0.1) is 5.92 Å². The summed E-state index contributed by atoms with van der Waals surface area (Å²) in [5.41, 5.74) is 10.4. The largest absolute Gasteiger partial charge is 0.481 e. The fourth-order valence-electron chi connectivity index (χ4n) is 10.6. The van der Waals surface area contributed by atoms with Gasteiger partial charge in [-0.3, -0.25) is 67.1 Å². The van der Waals surface area contributed by atoms with Crippen molar-refractivity contribution in [3.8, 4) is 11.1 Å². The van der Waals surface area contributed by atoms with E-state index in [1.54, 1.807) is 86.6 Å². The van der Waals surface area contributed by atoms with Gasteiger partial charge in [0, 0.05) is 42.0 Å². The van der Waals surface area contributed by atoms with Crippen LogP contribution in [-0.4, -0.2) is 215 Å². The fourth-order valence-corrected chi connectivity index (χ4v) is 12.2. The molecule has 7 atom stereocenters. The molecule has 0 saturated heterocycles. The number of hydrogen-bond acceptors (Lipinski definition) is 21. The fraction of sp³-hybridized carbons (Fsp3) is 0.361. The van der Waals surface area contributed by atoms with Gasteiger partial charge in [-0.05, 0) is 64.8 Å². The molecule has 1 aliphatic rings. The number of carboxylic acid groups (broad SMARTS) is 2. The second-order valence-electron chi connectivity index (χ2n) is 24.7. The summed E-state index contributed by atoms with van der Waals surface area (Å²) < 4.78 is 10.7. The maximum Gasteiger partial charge on any atom is 0.410 e. The first kappa shape index (κ1) is 84.2. The van der Waals surface area contributed by atoms with E-state index in [1.807, 2.05) is 48.5 Å². The van der Waals surface area contributed by atoms with E-state index >= 15 is 0 Å². The number of rotatable bonds is 41. The first-order chi connectivity index (χ1) is 51.0.